The zero-order valence-electron chi connectivity index (χ0n) is 9.97. The van der Waals surface area contributed by atoms with Gasteiger partial charge >= 0.3 is 0 Å². The SMILES string of the molecule is COc1ccc(Br)c([C@@H](O)[C@H]2CCC=CC2=O)n1. The molecule has 1 aromatic heterocycles. The van der Waals surface area contributed by atoms with E-state index in [4.69, 9.17) is 4.74 Å². The van der Waals surface area contributed by atoms with Crippen molar-refractivity contribution in [3.63, 3.8) is 0 Å². The van der Waals surface area contributed by atoms with Gasteiger partial charge in [0.25, 0.3) is 0 Å². The molecule has 1 N–H and O–H groups in total. The first-order valence-corrected chi connectivity index (χ1v) is 6.51. The summed E-state index contributed by atoms with van der Waals surface area (Å²) in [5.41, 5.74) is 0.447. The Kier molecular flexibility index (Phi) is 4.14. The van der Waals surface area contributed by atoms with Crippen LogP contribution in [-0.2, 0) is 4.79 Å². The molecule has 0 saturated heterocycles. The van der Waals surface area contributed by atoms with Gasteiger partial charge in [-0.25, -0.2) is 4.98 Å². The molecule has 0 aromatic carbocycles. The average molecular weight is 312 g/mol. The Morgan fingerprint density at radius 2 is 2.33 bits per heavy atom. The molecule has 2 rings (SSSR count). The van der Waals surface area contributed by atoms with Gasteiger partial charge in [-0.1, -0.05) is 6.08 Å². The molecule has 0 saturated carbocycles. The number of halogens is 1. The quantitative estimate of drug-likeness (QED) is 0.931. The van der Waals surface area contributed by atoms with Crippen LogP contribution in [0, 0.1) is 5.92 Å². The molecule has 0 spiro atoms. The summed E-state index contributed by atoms with van der Waals surface area (Å²) in [5, 5.41) is 10.3. The second-order valence-electron chi connectivity index (χ2n) is 4.15. The van der Waals surface area contributed by atoms with E-state index in [1.54, 1.807) is 12.1 Å². The largest absolute Gasteiger partial charge is 0.481 e. The molecule has 4 nitrogen and oxygen atoms in total. The fraction of sp³-hybridized carbons (Fsp3) is 0.385. The highest BCUT2D eigenvalue weighted by atomic mass is 79.9. The lowest BCUT2D eigenvalue weighted by Crippen LogP contribution is -2.24. The Morgan fingerprint density at radius 3 is 3.00 bits per heavy atom. The van der Waals surface area contributed by atoms with Gasteiger partial charge < -0.3 is 9.84 Å². The Labute approximate surface area is 114 Å². The first-order chi connectivity index (χ1) is 8.63. The number of allylic oxidation sites excluding steroid dienone is 2. The Morgan fingerprint density at radius 1 is 1.56 bits per heavy atom. The van der Waals surface area contributed by atoms with Crippen molar-refractivity contribution >= 4 is 21.7 Å². The number of ether oxygens (including phenoxy) is 1. The van der Waals surface area contributed by atoms with Crippen molar-refractivity contribution in [3.8, 4) is 5.88 Å². The number of aliphatic hydroxyl groups excluding tert-OH is 1. The molecule has 1 aliphatic carbocycles. The maximum absolute atomic E-state index is 11.8. The molecule has 1 aromatic rings. The predicted octanol–water partition coefficient (Wildman–Crippen LogP) is 2.42. The minimum atomic E-state index is -0.910. The van der Waals surface area contributed by atoms with Gasteiger partial charge in [0.15, 0.2) is 5.78 Å². The lowest BCUT2D eigenvalue weighted by molar-refractivity contribution is -0.122. The minimum absolute atomic E-state index is 0.0507. The van der Waals surface area contributed by atoms with Gasteiger partial charge in [0.05, 0.1) is 18.7 Å². The van der Waals surface area contributed by atoms with Crippen LogP contribution in [-0.4, -0.2) is 23.0 Å². The molecule has 5 heteroatoms. The van der Waals surface area contributed by atoms with Crippen LogP contribution < -0.4 is 4.74 Å². The maximum Gasteiger partial charge on any atom is 0.213 e. The first kappa shape index (κ1) is 13.2. The van der Waals surface area contributed by atoms with Crippen LogP contribution in [0.3, 0.4) is 0 Å². The van der Waals surface area contributed by atoms with Crippen molar-refractivity contribution in [3.05, 3.63) is 34.5 Å². The fourth-order valence-electron chi connectivity index (χ4n) is 2.01. The second-order valence-corrected chi connectivity index (χ2v) is 5.01. The topological polar surface area (TPSA) is 59.4 Å². The standard InChI is InChI=1S/C13H14BrNO3/c1-18-11-7-6-9(14)12(15-11)13(17)8-4-2-3-5-10(8)16/h3,5-8,13,17H,2,4H2,1H3/t8-,13-/m0/s1. The van der Waals surface area contributed by atoms with Crippen LogP contribution in [0.15, 0.2) is 28.8 Å². The highest BCUT2D eigenvalue weighted by Gasteiger charge is 2.30. The van der Waals surface area contributed by atoms with Crippen LogP contribution in [0.4, 0.5) is 0 Å². The number of carbonyl (C=O) groups excluding carboxylic acids is 1. The number of rotatable bonds is 3. The van der Waals surface area contributed by atoms with Crippen molar-refractivity contribution in [2.75, 3.05) is 7.11 Å². The van der Waals surface area contributed by atoms with Crippen LogP contribution in [0.25, 0.3) is 0 Å². The summed E-state index contributed by atoms with van der Waals surface area (Å²) in [6.07, 6.45) is 3.90. The number of hydrogen-bond donors (Lipinski definition) is 1. The van der Waals surface area contributed by atoms with Crippen molar-refractivity contribution in [1.29, 1.82) is 0 Å². The number of hydrogen-bond acceptors (Lipinski definition) is 4. The first-order valence-electron chi connectivity index (χ1n) is 5.72. The van der Waals surface area contributed by atoms with E-state index >= 15 is 0 Å². The molecule has 0 bridgehead atoms. The number of pyridine rings is 1. The molecular formula is C13H14BrNO3. The van der Waals surface area contributed by atoms with E-state index in [0.717, 1.165) is 6.42 Å². The highest BCUT2D eigenvalue weighted by molar-refractivity contribution is 9.10. The van der Waals surface area contributed by atoms with Crippen molar-refractivity contribution in [1.82, 2.24) is 4.98 Å². The van der Waals surface area contributed by atoms with Gasteiger partial charge in [-0.05, 0) is 40.9 Å². The van der Waals surface area contributed by atoms with Gasteiger partial charge in [-0.15, -0.1) is 0 Å². The number of carbonyl (C=O) groups is 1. The van der Waals surface area contributed by atoms with Crippen molar-refractivity contribution < 1.29 is 14.6 Å². The molecule has 0 amide bonds. The lowest BCUT2D eigenvalue weighted by atomic mass is 9.87. The third kappa shape index (κ3) is 2.62. The summed E-state index contributed by atoms with van der Waals surface area (Å²) < 4.78 is 5.71. The summed E-state index contributed by atoms with van der Waals surface area (Å²) in [6.45, 7) is 0. The van der Waals surface area contributed by atoms with Gasteiger partial charge in [-0.3, -0.25) is 4.79 Å². The summed E-state index contributed by atoms with van der Waals surface area (Å²) in [6, 6.07) is 3.45. The molecular weight excluding hydrogens is 298 g/mol. The summed E-state index contributed by atoms with van der Waals surface area (Å²) in [7, 11) is 1.51. The molecule has 1 aliphatic rings. The molecule has 0 fully saturated rings. The number of aliphatic hydroxyl groups is 1. The molecule has 1 heterocycles. The second kappa shape index (κ2) is 5.63. The summed E-state index contributed by atoms with van der Waals surface area (Å²) >= 11 is 3.34. The zero-order valence-corrected chi connectivity index (χ0v) is 11.6. The third-order valence-electron chi connectivity index (χ3n) is 3.01. The average Bonchev–Trinajstić information content (AvgIpc) is 2.39. The minimum Gasteiger partial charge on any atom is -0.481 e. The van der Waals surface area contributed by atoms with Crippen LogP contribution in [0.1, 0.15) is 24.6 Å². The lowest BCUT2D eigenvalue weighted by Gasteiger charge is -2.23. The highest BCUT2D eigenvalue weighted by Crippen LogP contribution is 2.33. The van der Waals surface area contributed by atoms with E-state index < -0.39 is 12.0 Å². The normalized spacial score (nSPS) is 20.8. The van der Waals surface area contributed by atoms with Gasteiger partial charge in [-0.2, -0.15) is 0 Å². The fourth-order valence-corrected chi connectivity index (χ4v) is 2.46. The van der Waals surface area contributed by atoms with Gasteiger partial charge in [0, 0.05) is 10.5 Å². The zero-order chi connectivity index (χ0) is 13.1. The molecule has 0 aliphatic heterocycles. The Hall–Kier alpha value is -1.20. The molecule has 96 valence electrons. The number of methoxy groups -OCH3 is 1. The van der Waals surface area contributed by atoms with E-state index in [-0.39, 0.29) is 5.78 Å². The van der Waals surface area contributed by atoms with Crippen LogP contribution >= 0.6 is 15.9 Å². The molecule has 0 unspecified atom stereocenters. The van der Waals surface area contributed by atoms with E-state index in [0.29, 0.717) is 22.5 Å². The predicted molar refractivity (Wildman–Crippen MR) is 70.3 cm³/mol. The van der Waals surface area contributed by atoms with Gasteiger partial charge in [0.2, 0.25) is 5.88 Å². The summed E-state index contributed by atoms with van der Waals surface area (Å²) in [4.78, 5) is 16.0. The van der Waals surface area contributed by atoms with Gasteiger partial charge in [0.1, 0.15) is 6.10 Å². The number of nitrogens with zero attached hydrogens (tertiary/aromatic N) is 1. The summed E-state index contributed by atoms with van der Waals surface area (Å²) in [5.74, 6) is -0.0535. The maximum atomic E-state index is 11.8. The van der Waals surface area contributed by atoms with Crippen molar-refractivity contribution in [2.45, 2.75) is 18.9 Å². The van der Waals surface area contributed by atoms with Crippen LogP contribution in [0.5, 0.6) is 5.88 Å². The number of ketones is 1. The molecule has 18 heavy (non-hydrogen) atoms. The smallest absolute Gasteiger partial charge is 0.213 e. The Bertz CT molecular complexity index is 487. The van der Waals surface area contributed by atoms with E-state index in [1.165, 1.54) is 13.2 Å². The number of aromatic nitrogens is 1. The monoisotopic (exact) mass is 311 g/mol. The van der Waals surface area contributed by atoms with E-state index in [1.807, 2.05) is 6.08 Å². The molecule has 2 atom stereocenters. The molecule has 0 radical (unpaired) electrons. The van der Waals surface area contributed by atoms with E-state index in [2.05, 4.69) is 20.9 Å². The third-order valence-corrected chi connectivity index (χ3v) is 3.68. The van der Waals surface area contributed by atoms with E-state index in [9.17, 15) is 9.90 Å². The van der Waals surface area contributed by atoms with Crippen LogP contribution in [0.2, 0.25) is 0 Å². The Balaban J connectivity index is 2.30. The van der Waals surface area contributed by atoms with Crippen molar-refractivity contribution in [2.24, 2.45) is 5.92 Å².